The van der Waals surface area contributed by atoms with Gasteiger partial charge in [-0.05, 0) is 19.9 Å². The Bertz CT molecular complexity index is 269. The van der Waals surface area contributed by atoms with Crippen LogP contribution in [0.15, 0.2) is 0 Å². The largest absolute Gasteiger partial charge is 0.311 e. The normalized spacial score (nSPS) is 13.0. The monoisotopic (exact) mass is 227 g/mol. The van der Waals surface area contributed by atoms with Gasteiger partial charge in [0.2, 0.25) is 0 Å². The Morgan fingerprint density at radius 2 is 2.07 bits per heavy atom. The maximum atomic E-state index is 4.24. The van der Waals surface area contributed by atoms with Crippen LogP contribution in [0.2, 0.25) is 0 Å². The summed E-state index contributed by atoms with van der Waals surface area (Å²) in [5.74, 6) is 0. The zero-order valence-electron chi connectivity index (χ0n) is 9.92. The summed E-state index contributed by atoms with van der Waals surface area (Å²) in [7, 11) is 1.98. The van der Waals surface area contributed by atoms with Crippen molar-refractivity contribution in [2.24, 2.45) is 0 Å². The number of hydrogen-bond acceptors (Lipinski definition) is 4. The fourth-order valence-electron chi connectivity index (χ4n) is 1.54. The molecule has 0 aromatic carbocycles. The minimum atomic E-state index is 0.377. The first kappa shape index (κ1) is 12.6. The first-order valence-electron chi connectivity index (χ1n) is 5.81. The molecule has 86 valence electrons. The summed E-state index contributed by atoms with van der Waals surface area (Å²) >= 11 is 1.76. The third-order valence-electron chi connectivity index (χ3n) is 2.53. The molecule has 0 fully saturated rings. The number of aryl methyl sites for hydroxylation is 1. The smallest absolute Gasteiger partial charge is 0.134 e. The van der Waals surface area contributed by atoms with Crippen molar-refractivity contribution in [1.29, 1.82) is 0 Å². The first-order valence-corrected chi connectivity index (χ1v) is 6.63. The van der Waals surface area contributed by atoms with E-state index in [2.05, 4.69) is 29.4 Å². The number of rotatable bonds is 7. The van der Waals surface area contributed by atoms with E-state index in [-0.39, 0.29) is 0 Å². The Balaban J connectivity index is 2.47. The van der Waals surface area contributed by atoms with Gasteiger partial charge in [-0.3, -0.25) is 0 Å². The molecule has 1 atom stereocenters. The van der Waals surface area contributed by atoms with Gasteiger partial charge in [0.15, 0.2) is 0 Å². The van der Waals surface area contributed by atoms with Crippen LogP contribution in [0.4, 0.5) is 0 Å². The van der Waals surface area contributed by atoms with E-state index < -0.39 is 0 Å². The predicted molar refractivity (Wildman–Crippen MR) is 65.2 cm³/mol. The van der Waals surface area contributed by atoms with E-state index >= 15 is 0 Å². The molecule has 3 nitrogen and oxygen atoms in total. The van der Waals surface area contributed by atoms with E-state index in [4.69, 9.17) is 0 Å². The zero-order chi connectivity index (χ0) is 11.1. The Morgan fingerprint density at radius 3 is 2.67 bits per heavy atom. The highest BCUT2D eigenvalue weighted by Gasteiger charge is 2.12. The minimum Gasteiger partial charge on any atom is -0.311 e. The average Bonchev–Trinajstić information content (AvgIpc) is 2.69. The lowest BCUT2D eigenvalue weighted by molar-refractivity contribution is 0.568. The Kier molecular flexibility index (Phi) is 5.79. The molecule has 15 heavy (non-hydrogen) atoms. The van der Waals surface area contributed by atoms with Crippen molar-refractivity contribution in [2.45, 2.75) is 52.0 Å². The summed E-state index contributed by atoms with van der Waals surface area (Å²) in [6.45, 7) is 4.39. The SMILES string of the molecule is CCCCCc1nnc(C(CC)NC)s1. The number of nitrogens with zero attached hydrogens (tertiary/aromatic N) is 2. The van der Waals surface area contributed by atoms with Gasteiger partial charge in [0.1, 0.15) is 10.0 Å². The minimum absolute atomic E-state index is 0.377. The second kappa shape index (κ2) is 6.90. The first-order chi connectivity index (χ1) is 7.31. The summed E-state index contributed by atoms with van der Waals surface area (Å²) in [5, 5.41) is 14.1. The van der Waals surface area contributed by atoms with Gasteiger partial charge >= 0.3 is 0 Å². The molecule has 0 saturated carbocycles. The average molecular weight is 227 g/mol. The van der Waals surface area contributed by atoms with Crippen molar-refractivity contribution in [1.82, 2.24) is 15.5 Å². The van der Waals surface area contributed by atoms with Crippen molar-refractivity contribution < 1.29 is 0 Å². The Hall–Kier alpha value is -0.480. The van der Waals surface area contributed by atoms with Gasteiger partial charge in [0.25, 0.3) is 0 Å². The van der Waals surface area contributed by atoms with E-state index in [0.717, 1.165) is 17.8 Å². The van der Waals surface area contributed by atoms with Crippen molar-refractivity contribution in [3.63, 3.8) is 0 Å². The molecule has 0 bridgehead atoms. The van der Waals surface area contributed by atoms with Gasteiger partial charge in [0, 0.05) is 6.42 Å². The van der Waals surface area contributed by atoms with Crippen molar-refractivity contribution >= 4 is 11.3 Å². The summed E-state index contributed by atoms with van der Waals surface area (Å²) in [6, 6.07) is 0.377. The lowest BCUT2D eigenvalue weighted by Gasteiger charge is -2.07. The van der Waals surface area contributed by atoms with E-state index in [1.54, 1.807) is 11.3 Å². The predicted octanol–water partition coefficient (Wildman–Crippen LogP) is 2.94. The second-order valence-corrected chi connectivity index (χ2v) is 4.83. The van der Waals surface area contributed by atoms with E-state index in [0.29, 0.717) is 6.04 Å². The molecule has 0 spiro atoms. The zero-order valence-corrected chi connectivity index (χ0v) is 10.7. The van der Waals surface area contributed by atoms with Crippen LogP contribution in [0.1, 0.15) is 55.6 Å². The van der Waals surface area contributed by atoms with Crippen molar-refractivity contribution in [3.8, 4) is 0 Å². The van der Waals surface area contributed by atoms with Crippen LogP contribution in [0, 0.1) is 0 Å². The second-order valence-electron chi connectivity index (χ2n) is 3.74. The third-order valence-corrected chi connectivity index (χ3v) is 3.63. The highest BCUT2D eigenvalue weighted by Crippen LogP contribution is 2.21. The molecule has 1 aromatic rings. The van der Waals surface area contributed by atoms with Crippen LogP contribution in [0.5, 0.6) is 0 Å². The molecule has 1 heterocycles. The molecule has 0 aliphatic heterocycles. The van der Waals surface area contributed by atoms with Crippen LogP contribution in [-0.4, -0.2) is 17.2 Å². The van der Waals surface area contributed by atoms with E-state index in [1.807, 2.05) is 7.05 Å². The maximum Gasteiger partial charge on any atom is 0.134 e. The van der Waals surface area contributed by atoms with Crippen LogP contribution in [-0.2, 0) is 6.42 Å². The van der Waals surface area contributed by atoms with E-state index in [9.17, 15) is 0 Å². The number of hydrogen-bond donors (Lipinski definition) is 1. The van der Waals surface area contributed by atoms with Gasteiger partial charge in [-0.1, -0.05) is 38.0 Å². The molecule has 1 rings (SSSR count). The molecular formula is C11H21N3S. The molecule has 1 aromatic heterocycles. The summed E-state index contributed by atoms with van der Waals surface area (Å²) < 4.78 is 0. The fourth-order valence-corrected chi connectivity index (χ4v) is 2.61. The van der Waals surface area contributed by atoms with Crippen LogP contribution in [0.25, 0.3) is 0 Å². The molecule has 0 aliphatic rings. The molecule has 0 radical (unpaired) electrons. The van der Waals surface area contributed by atoms with Gasteiger partial charge in [-0.15, -0.1) is 10.2 Å². The Morgan fingerprint density at radius 1 is 1.27 bits per heavy atom. The lowest BCUT2D eigenvalue weighted by Crippen LogP contribution is -2.14. The standard InChI is InChI=1S/C11H21N3S/c1-4-6-7-8-10-13-14-11(15-10)9(5-2)12-3/h9,12H,4-8H2,1-3H3. The number of nitrogens with one attached hydrogen (secondary N) is 1. The molecule has 1 N–H and O–H groups in total. The maximum absolute atomic E-state index is 4.24. The summed E-state index contributed by atoms with van der Waals surface area (Å²) in [6.07, 6.45) is 5.95. The van der Waals surface area contributed by atoms with Crippen LogP contribution < -0.4 is 5.32 Å². The highest BCUT2D eigenvalue weighted by molar-refractivity contribution is 7.11. The number of aromatic nitrogens is 2. The van der Waals surface area contributed by atoms with Gasteiger partial charge < -0.3 is 5.32 Å². The quantitative estimate of drug-likeness (QED) is 0.728. The van der Waals surface area contributed by atoms with Gasteiger partial charge in [0.05, 0.1) is 6.04 Å². The Labute approximate surface area is 96.3 Å². The fraction of sp³-hybridized carbons (Fsp3) is 0.818. The van der Waals surface area contributed by atoms with Crippen LogP contribution >= 0.6 is 11.3 Å². The summed E-state index contributed by atoms with van der Waals surface area (Å²) in [4.78, 5) is 0. The van der Waals surface area contributed by atoms with Crippen molar-refractivity contribution in [3.05, 3.63) is 10.0 Å². The highest BCUT2D eigenvalue weighted by atomic mass is 32.1. The third kappa shape index (κ3) is 3.87. The lowest BCUT2D eigenvalue weighted by atomic mass is 10.2. The van der Waals surface area contributed by atoms with Gasteiger partial charge in [-0.2, -0.15) is 0 Å². The van der Waals surface area contributed by atoms with Gasteiger partial charge in [-0.25, -0.2) is 0 Å². The molecule has 1 unspecified atom stereocenters. The number of unbranched alkanes of at least 4 members (excludes halogenated alkanes) is 2. The van der Waals surface area contributed by atoms with Crippen molar-refractivity contribution in [2.75, 3.05) is 7.05 Å². The van der Waals surface area contributed by atoms with E-state index in [1.165, 1.54) is 24.3 Å². The molecule has 4 heteroatoms. The molecule has 0 aliphatic carbocycles. The molecule has 0 amide bonds. The van der Waals surface area contributed by atoms with Crippen LogP contribution in [0.3, 0.4) is 0 Å². The summed E-state index contributed by atoms with van der Waals surface area (Å²) in [5.41, 5.74) is 0. The topological polar surface area (TPSA) is 37.8 Å². The molecule has 0 saturated heterocycles. The molecular weight excluding hydrogens is 206 g/mol.